The Morgan fingerprint density at radius 2 is 2.14 bits per heavy atom. The van der Waals surface area contributed by atoms with Gasteiger partial charge in [0.1, 0.15) is 11.8 Å². The maximum Gasteiger partial charge on any atom is 0.328 e. The number of hydrogen-bond donors (Lipinski definition) is 1. The summed E-state index contributed by atoms with van der Waals surface area (Å²) in [6.45, 7) is 1.52. The van der Waals surface area contributed by atoms with Gasteiger partial charge in [-0.25, -0.2) is 4.79 Å². The summed E-state index contributed by atoms with van der Waals surface area (Å²) in [5.41, 5.74) is 5.65. The zero-order valence-corrected chi connectivity index (χ0v) is 7.77. The van der Waals surface area contributed by atoms with Gasteiger partial charge in [0, 0.05) is 0 Å². The molecule has 0 bridgehead atoms. The molecule has 4 nitrogen and oxygen atoms in total. The van der Waals surface area contributed by atoms with Gasteiger partial charge in [-0.05, 0) is 19.1 Å². The molecule has 1 unspecified atom stereocenters. The molecule has 0 aliphatic carbocycles. The monoisotopic (exact) mass is 193 g/mol. The topological polar surface area (TPSA) is 69.4 Å². The van der Waals surface area contributed by atoms with Gasteiger partial charge in [0.25, 0.3) is 0 Å². The van der Waals surface area contributed by atoms with Gasteiger partial charge in [-0.2, -0.15) is 0 Å². The number of carbonyl (C=O) groups excluding carboxylic acids is 2. The highest BCUT2D eigenvalue weighted by atomic mass is 16.5. The number of para-hydroxylation sites is 1. The third-order valence-corrected chi connectivity index (χ3v) is 1.63. The van der Waals surface area contributed by atoms with Gasteiger partial charge in [-0.3, -0.25) is 4.79 Å². The first-order chi connectivity index (χ1) is 6.65. The SMILES string of the molecule is CC(N)C(=O)Oc1ccccc1C=O. The minimum Gasteiger partial charge on any atom is -0.425 e. The normalized spacial score (nSPS) is 11.9. The molecular weight excluding hydrogens is 182 g/mol. The van der Waals surface area contributed by atoms with Crippen LogP contribution in [0.4, 0.5) is 0 Å². The van der Waals surface area contributed by atoms with Crippen LogP contribution in [-0.4, -0.2) is 18.3 Å². The highest BCUT2D eigenvalue weighted by Gasteiger charge is 2.11. The molecule has 1 atom stereocenters. The van der Waals surface area contributed by atoms with Gasteiger partial charge in [0.2, 0.25) is 0 Å². The summed E-state index contributed by atoms with van der Waals surface area (Å²) in [4.78, 5) is 21.7. The summed E-state index contributed by atoms with van der Waals surface area (Å²) in [6.07, 6.45) is 0.629. The molecule has 0 saturated heterocycles. The van der Waals surface area contributed by atoms with E-state index in [9.17, 15) is 9.59 Å². The molecule has 0 aliphatic rings. The molecule has 1 rings (SSSR count). The van der Waals surface area contributed by atoms with Crippen LogP contribution in [-0.2, 0) is 4.79 Å². The molecular formula is C10H11NO3. The van der Waals surface area contributed by atoms with E-state index in [1.54, 1.807) is 24.3 Å². The second-order valence-corrected chi connectivity index (χ2v) is 2.87. The van der Waals surface area contributed by atoms with Crippen molar-refractivity contribution in [1.82, 2.24) is 0 Å². The Bertz CT molecular complexity index is 347. The lowest BCUT2D eigenvalue weighted by atomic mass is 10.2. The maximum atomic E-state index is 11.1. The number of carbonyl (C=O) groups is 2. The second kappa shape index (κ2) is 4.53. The van der Waals surface area contributed by atoms with E-state index in [0.717, 1.165) is 0 Å². The van der Waals surface area contributed by atoms with Crippen LogP contribution in [0.3, 0.4) is 0 Å². The van der Waals surface area contributed by atoms with E-state index in [4.69, 9.17) is 10.5 Å². The fourth-order valence-electron chi connectivity index (χ4n) is 0.872. The predicted molar refractivity (Wildman–Crippen MR) is 51.1 cm³/mol. The van der Waals surface area contributed by atoms with Crippen molar-refractivity contribution in [2.75, 3.05) is 0 Å². The van der Waals surface area contributed by atoms with Crippen molar-refractivity contribution in [3.8, 4) is 5.75 Å². The van der Waals surface area contributed by atoms with E-state index in [1.807, 2.05) is 0 Å². The lowest BCUT2D eigenvalue weighted by molar-refractivity contribution is -0.135. The molecule has 14 heavy (non-hydrogen) atoms. The fourth-order valence-corrected chi connectivity index (χ4v) is 0.872. The van der Waals surface area contributed by atoms with Gasteiger partial charge in [-0.1, -0.05) is 12.1 Å². The van der Waals surface area contributed by atoms with Gasteiger partial charge in [0.15, 0.2) is 6.29 Å². The van der Waals surface area contributed by atoms with E-state index in [2.05, 4.69) is 0 Å². The molecule has 1 aromatic carbocycles. The average Bonchev–Trinajstić information content (AvgIpc) is 2.18. The van der Waals surface area contributed by atoms with Crippen LogP contribution < -0.4 is 10.5 Å². The quantitative estimate of drug-likeness (QED) is 0.437. The summed E-state index contributed by atoms with van der Waals surface area (Å²) in [7, 11) is 0. The Balaban J connectivity index is 2.85. The molecule has 0 aliphatic heterocycles. The van der Waals surface area contributed by atoms with Crippen molar-refractivity contribution in [2.24, 2.45) is 5.73 Å². The van der Waals surface area contributed by atoms with Crippen LogP contribution in [0.5, 0.6) is 5.75 Å². The zero-order chi connectivity index (χ0) is 10.6. The summed E-state index contributed by atoms with van der Waals surface area (Å²) in [6, 6.07) is 5.78. The molecule has 0 spiro atoms. The van der Waals surface area contributed by atoms with Crippen LogP contribution in [0.25, 0.3) is 0 Å². The number of ether oxygens (including phenoxy) is 1. The maximum absolute atomic E-state index is 11.1. The largest absolute Gasteiger partial charge is 0.425 e. The summed E-state index contributed by atoms with van der Waals surface area (Å²) >= 11 is 0. The number of aldehydes is 1. The van der Waals surface area contributed by atoms with Gasteiger partial charge < -0.3 is 10.5 Å². The highest BCUT2D eigenvalue weighted by Crippen LogP contribution is 2.15. The molecule has 0 saturated carbocycles. The van der Waals surface area contributed by atoms with Crippen molar-refractivity contribution < 1.29 is 14.3 Å². The van der Waals surface area contributed by atoms with Gasteiger partial charge >= 0.3 is 5.97 Å². The van der Waals surface area contributed by atoms with E-state index in [1.165, 1.54) is 6.92 Å². The van der Waals surface area contributed by atoms with E-state index < -0.39 is 12.0 Å². The van der Waals surface area contributed by atoms with Crippen LogP contribution in [0.15, 0.2) is 24.3 Å². The summed E-state index contributed by atoms with van der Waals surface area (Å²) in [5.74, 6) is -0.316. The predicted octanol–water partition coefficient (Wildman–Crippen LogP) is 0.752. The molecule has 74 valence electrons. The molecule has 0 aromatic heterocycles. The minimum absolute atomic E-state index is 0.241. The minimum atomic E-state index is -0.699. The van der Waals surface area contributed by atoms with Gasteiger partial charge in [0.05, 0.1) is 5.56 Å². The number of nitrogens with two attached hydrogens (primary N) is 1. The molecule has 1 aromatic rings. The first kappa shape index (κ1) is 10.4. The van der Waals surface area contributed by atoms with Crippen LogP contribution in [0, 0.1) is 0 Å². The van der Waals surface area contributed by atoms with Crippen molar-refractivity contribution in [2.45, 2.75) is 13.0 Å². The molecule has 2 N–H and O–H groups in total. The standard InChI is InChI=1S/C10H11NO3/c1-7(11)10(13)14-9-5-3-2-4-8(9)6-12/h2-7H,11H2,1H3. The van der Waals surface area contributed by atoms with Crippen molar-refractivity contribution >= 4 is 12.3 Å². The Hall–Kier alpha value is -1.68. The second-order valence-electron chi connectivity index (χ2n) is 2.87. The third kappa shape index (κ3) is 2.40. The molecule has 0 amide bonds. The van der Waals surface area contributed by atoms with E-state index in [0.29, 0.717) is 11.8 Å². The first-order valence-corrected chi connectivity index (χ1v) is 4.16. The fraction of sp³-hybridized carbons (Fsp3) is 0.200. The first-order valence-electron chi connectivity index (χ1n) is 4.16. The molecule has 0 fully saturated rings. The third-order valence-electron chi connectivity index (χ3n) is 1.63. The van der Waals surface area contributed by atoms with Crippen LogP contribution in [0.2, 0.25) is 0 Å². The number of esters is 1. The molecule has 4 heteroatoms. The van der Waals surface area contributed by atoms with Crippen LogP contribution in [0.1, 0.15) is 17.3 Å². The Morgan fingerprint density at radius 1 is 1.50 bits per heavy atom. The molecule has 0 heterocycles. The summed E-state index contributed by atoms with van der Waals surface area (Å²) < 4.78 is 4.90. The van der Waals surface area contributed by atoms with E-state index >= 15 is 0 Å². The number of benzene rings is 1. The molecule has 0 radical (unpaired) electrons. The van der Waals surface area contributed by atoms with Crippen LogP contribution >= 0.6 is 0 Å². The highest BCUT2D eigenvalue weighted by molar-refractivity contribution is 5.83. The Labute approximate surface area is 81.7 Å². The van der Waals surface area contributed by atoms with Gasteiger partial charge in [-0.15, -0.1) is 0 Å². The number of hydrogen-bond acceptors (Lipinski definition) is 4. The Kier molecular flexibility index (Phi) is 3.36. The van der Waals surface area contributed by atoms with Crippen molar-refractivity contribution in [3.63, 3.8) is 0 Å². The summed E-state index contributed by atoms with van der Waals surface area (Å²) in [5, 5.41) is 0. The van der Waals surface area contributed by atoms with E-state index in [-0.39, 0.29) is 5.75 Å². The number of rotatable bonds is 3. The lowest BCUT2D eigenvalue weighted by Crippen LogP contribution is -2.31. The smallest absolute Gasteiger partial charge is 0.328 e. The Morgan fingerprint density at radius 3 is 2.71 bits per heavy atom. The van der Waals surface area contributed by atoms with Crippen molar-refractivity contribution in [3.05, 3.63) is 29.8 Å². The lowest BCUT2D eigenvalue weighted by Gasteiger charge is -2.07. The zero-order valence-electron chi connectivity index (χ0n) is 7.77. The van der Waals surface area contributed by atoms with Crippen molar-refractivity contribution in [1.29, 1.82) is 0 Å². The average molecular weight is 193 g/mol.